The van der Waals surface area contributed by atoms with E-state index in [0.29, 0.717) is 23.6 Å². The first-order chi connectivity index (χ1) is 14.1. The minimum Gasteiger partial charge on any atom is -0.356 e. The Morgan fingerprint density at radius 2 is 1.93 bits per heavy atom. The minimum atomic E-state index is 0.129. The van der Waals surface area contributed by atoms with Crippen LogP contribution in [0.15, 0.2) is 53.2 Å². The summed E-state index contributed by atoms with van der Waals surface area (Å²) >= 11 is 0. The molecule has 7 nitrogen and oxygen atoms in total. The van der Waals surface area contributed by atoms with Crippen molar-refractivity contribution in [1.82, 2.24) is 20.0 Å². The monoisotopic (exact) mass is 389 g/mol. The molecule has 2 saturated heterocycles. The smallest absolute Gasteiger partial charge is 0.259 e. The van der Waals surface area contributed by atoms with Crippen LogP contribution in [0.3, 0.4) is 0 Å². The van der Waals surface area contributed by atoms with E-state index in [4.69, 9.17) is 4.52 Å². The number of fused-ring (bicyclic) bond motifs is 1. The van der Waals surface area contributed by atoms with Crippen molar-refractivity contribution < 1.29 is 9.32 Å². The summed E-state index contributed by atoms with van der Waals surface area (Å²) in [6.07, 6.45) is 1.78. The summed E-state index contributed by atoms with van der Waals surface area (Å²) in [4.78, 5) is 25.5. The number of hydrogen-bond acceptors (Lipinski definition) is 6. The number of amides is 1. The average Bonchev–Trinajstić information content (AvgIpc) is 3.42. The highest BCUT2D eigenvalue weighted by Gasteiger charge is 2.48. The molecule has 2 aliphatic rings. The van der Waals surface area contributed by atoms with Crippen molar-refractivity contribution in [2.75, 3.05) is 24.5 Å². The van der Waals surface area contributed by atoms with Gasteiger partial charge in [-0.15, -0.1) is 0 Å². The van der Waals surface area contributed by atoms with E-state index in [9.17, 15) is 4.79 Å². The normalized spacial score (nSPS) is 23.4. The summed E-state index contributed by atoms with van der Waals surface area (Å²) in [6.45, 7) is 6.07. The summed E-state index contributed by atoms with van der Waals surface area (Å²) in [6, 6.07) is 14.5. The number of benzene rings is 1. The molecule has 2 aliphatic heterocycles. The van der Waals surface area contributed by atoms with Gasteiger partial charge in [0.15, 0.2) is 5.82 Å². The van der Waals surface area contributed by atoms with Crippen LogP contribution in [0.25, 0.3) is 11.5 Å². The van der Waals surface area contributed by atoms with Gasteiger partial charge in [0.05, 0.1) is 11.6 Å². The van der Waals surface area contributed by atoms with Crippen molar-refractivity contribution in [3.63, 3.8) is 0 Å². The molecule has 2 aromatic heterocycles. The molecule has 0 radical (unpaired) electrons. The molecule has 2 fully saturated rings. The number of hydrogen-bond donors (Lipinski definition) is 0. The maximum absolute atomic E-state index is 12.3. The van der Waals surface area contributed by atoms with Gasteiger partial charge < -0.3 is 14.3 Å². The number of carbonyl (C=O) groups is 1. The van der Waals surface area contributed by atoms with E-state index in [-0.39, 0.29) is 11.9 Å². The predicted octanol–water partition coefficient (Wildman–Crippen LogP) is 3.10. The second kappa shape index (κ2) is 6.99. The van der Waals surface area contributed by atoms with Crippen LogP contribution >= 0.6 is 0 Å². The van der Waals surface area contributed by atoms with Crippen molar-refractivity contribution in [2.24, 2.45) is 11.8 Å². The minimum absolute atomic E-state index is 0.129. The van der Waals surface area contributed by atoms with Gasteiger partial charge in [0.2, 0.25) is 5.91 Å². The number of anilines is 1. The summed E-state index contributed by atoms with van der Waals surface area (Å²) in [5.74, 6) is 3.04. The fourth-order valence-corrected chi connectivity index (χ4v) is 4.75. The molecule has 1 aromatic carbocycles. The van der Waals surface area contributed by atoms with Gasteiger partial charge in [0, 0.05) is 44.6 Å². The van der Waals surface area contributed by atoms with Gasteiger partial charge in [-0.3, -0.25) is 4.79 Å². The lowest BCUT2D eigenvalue weighted by Crippen LogP contribution is -2.34. The topological polar surface area (TPSA) is 75.4 Å². The molecule has 7 heteroatoms. The summed E-state index contributed by atoms with van der Waals surface area (Å²) in [5.41, 5.74) is 2.03. The van der Waals surface area contributed by atoms with Crippen molar-refractivity contribution in [3.05, 3.63) is 60.0 Å². The Kier molecular flexibility index (Phi) is 4.30. The molecule has 3 atom stereocenters. The molecule has 0 bridgehead atoms. The number of aromatic nitrogens is 3. The van der Waals surface area contributed by atoms with Crippen LogP contribution in [0.4, 0.5) is 5.82 Å². The molecular weight excluding hydrogens is 366 g/mol. The van der Waals surface area contributed by atoms with Gasteiger partial charge in [-0.05, 0) is 24.6 Å². The number of likely N-dealkylation sites (tertiary alicyclic amines) is 1. The lowest BCUT2D eigenvalue weighted by Gasteiger charge is -2.29. The SMILES string of the molecule is CC(=O)N1C[C@H]2CN(c3ccc(-c4nc(C)no4)cn3)C[C@H]2[C@H]1c1ccccc1. The molecule has 148 valence electrons. The van der Waals surface area contributed by atoms with Crippen LogP contribution in [-0.4, -0.2) is 45.6 Å². The lowest BCUT2D eigenvalue weighted by atomic mass is 9.89. The zero-order valence-electron chi connectivity index (χ0n) is 16.5. The Labute approximate surface area is 169 Å². The second-order valence-corrected chi connectivity index (χ2v) is 7.91. The van der Waals surface area contributed by atoms with Crippen molar-refractivity contribution >= 4 is 11.7 Å². The third-order valence-corrected chi connectivity index (χ3v) is 6.06. The first kappa shape index (κ1) is 17.8. The molecule has 1 amide bonds. The van der Waals surface area contributed by atoms with Crippen LogP contribution in [0.2, 0.25) is 0 Å². The highest BCUT2D eigenvalue weighted by Crippen LogP contribution is 2.45. The third-order valence-electron chi connectivity index (χ3n) is 6.06. The van der Waals surface area contributed by atoms with E-state index in [1.807, 2.05) is 35.2 Å². The van der Waals surface area contributed by atoms with Crippen LogP contribution in [-0.2, 0) is 4.79 Å². The van der Waals surface area contributed by atoms with Gasteiger partial charge in [-0.1, -0.05) is 35.5 Å². The predicted molar refractivity (Wildman–Crippen MR) is 108 cm³/mol. The average molecular weight is 389 g/mol. The molecule has 0 saturated carbocycles. The van der Waals surface area contributed by atoms with Gasteiger partial charge in [0.25, 0.3) is 5.89 Å². The standard InChI is InChI=1S/C22H23N5O2/c1-14-24-22(29-25-14)17-8-9-20(23-10-17)26-11-18-12-27(15(2)28)21(19(18)13-26)16-6-4-3-5-7-16/h3-10,18-19,21H,11-13H2,1-2H3/t18-,19-,21-/m1/s1. The van der Waals surface area contributed by atoms with Crippen LogP contribution in [0.5, 0.6) is 0 Å². The molecule has 4 heterocycles. The molecular formula is C22H23N5O2. The van der Waals surface area contributed by atoms with E-state index >= 15 is 0 Å². The number of aryl methyl sites for hydroxylation is 1. The fourth-order valence-electron chi connectivity index (χ4n) is 4.75. The maximum atomic E-state index is 12.3. The van der Waals surface area contributed by atoms with Crippen molar-refractivity contribution in [2.45, 2.75) is 19.9 Å². The van der Waals surface area contributed by atoms with Crippen molar-refractivity contribution in [1.29, 1.82) is 0 Å². The lowest BCUT2D eigenvalue weighted by molar-refractivity contribution is -0.130. The third kappa shape index (κ3) is 3.16. The molecule has 0 N–H and O–H groups in total. The highest BCUT2D eigenvalue weighted by atomic mass is 16.5. The molecule has 0 unspecified atom stereocenters. The largest absolute Gasteiger partial charge is 0.356 e. The zero-order valence-corrected chi connectivity index (χ0v) is 16.5. The zero-order chi connectivity index (χ0) is 20.0. The van der Waals surface area contributed by atoms with E-state index in [0.717, 1.165) is 31.0 Å². The number of rotatable bonds is 3. The van der Waals surface area contributed by atoms with Gasteiger partial charge >= 0.3 is 0 Å². The molecule has 0 spiro atoms. The number of pyridine rings is 1. The van der Waals surface area contributed by atoms with Gasteiger partial charge in [-0.25, -0.2) is 4.98 Å². The molecule has 0 aliphatic carbocycles. The van der Waals surface area contributed by atoms with E-state index in [1.165, 1.54) is 5.56 Å². The summed E-state index contributed by atoms with van der Waals surface area (Å²) < 4.78 is 5.22. The summed E-state index contributed by atoms with van der Waals surface area (Å²) in [7, 11) is 0. The Morgan fingerprint density at radius 3 is 2.59 bits per heavy atom. The quantitative estimate of drug-likeness (QED) is 0.685. The van der Waals surface area contributed by atoms with Crippen LogP contribution in [0, 0.1) is 18.8 Å². The Bertz CT molecular complexity index is 1020. The van der Waals surface area contributed by atoms with Crippen LogP contribution in [0.1, 0.15) is 24.4 Å². The van der Waals surface area contributed by atoms with Gasteiger partial charge in [0.1, 0.15) is 5.82 Å². The number of carbonyl (C=O) groups excluding carboxylic acids is 1. The molecule has 29 heavy (non-hydrogen) atoms. The van der Waals surface area contributed by atoms with Gasteiger partial charge in [-0.2, -0.15) is 4.98 Å². The van der Waals surface area contributed by atoms with E-state index in [2.05, 4.69) is 32.2 Å². The highest BCUT2D eigenvalue weighted by molar-refractivity contribution is 5.74. The van der Waals surface area contributed by atoms with E-state index in [1.54, 1.807) is 20.0 Å². The Morgan fingerprint density at radius 1 is 1.10 bits per heavy atom. The van der Waals surface area contributed by atoms with Crippen LogP contribution < -0.4 is 4.90 Å². The Hall–Kier alpha value is -3.22. The number of nitrogens with zero attached hydrogens (tertiary/aromatic N) is 5. The van der Waals surface area contributed by atoms with Crippen molar-refractivity contribution in [3.8, 4) is 11.5 Å². The fraction of sp³-hybridized carbons (Fsp3) is 0.364. The summed E-state index contributed by atoms with van der Waals surface area (Å²) in [5, 5.41) is 3.83. The molecule has 5 rings (SSSR count). The first-order valence-corrected chi connectivity index (χ1v) is 9.94. The molecule has 3 aromatic rings. The van der Waals surface area contributed by atoms with E-state index < -0.39 is 0 Å². The second-order valence-electron chi connectivity index (χ2n) is 7.91. The Balaban J connectivity index is 1.37. The first-order valence-electron chi connectivity index (χ1n) is 9.94. The maximum Gasteiger partial charge on any atom is 0.259 e.